The number of rotatable bonds is 3. The van der Waals surface area contributed by atoms with Crippen LogP contribution in [0.1, 0.15) is 25.0 Å². The molecule has 2 nitrogen and oxygen atoms in total. The Kier molecular flexibility index (Phi) is 6.00. The molecule has 2 heterocycles. The smallest absolute Gasteiger partial charge is 0.0553 e. The minimum Gasteiger partial charge on any atom is -0.309 e. The fraction of sp³-hybridized carbons (Fsp3) is 0.0545. The molecule has 266 valence electrons. The van der Waals surface area contributed by atoms with Gasteiger partial charge in [0, 0.05) is 38.3 Å². The van der Waals surface area contributed by atoms with Crippen LogP contribution in [0.3, 0.4) is 0 Å². The molecular weight excluding hydrogens is 689 g/mol. The van der Waals surface area contributed by atoms with Gasteiger partial charge < -0.3 is 9.13 Å². The Morgan fingerprint density at radius 1 is 0.316 bits per heavy atom. The SMILES string of the molecule is CC1(C)c2ccccc2-c2ccc(-n3c4ccc(-c5ccc6c(c5)c5ccccc5n6-c5ccccc5)cc4c4c5cccc6c5c(cc43)-c3ccccc3-6)cc21. The van der Waals surface area contributed by atoms with Gasteiger partial charge in [-0.3, -0.25) is 0 Å². The van der Waals surface area contributed by atoms with E-state index >= 15 is 0 Å². The molecule has 0 atom stereocenters. The van der Waals surface area contributed by atoms with Gasteiger partial charge in [0.1, 0.15) is 0 Å². The second-order valence-corrected chi connectivity index (χ2v) is 16.5. The molecular formula is C55H36N2. The monoisotopic (exact) mass is 724 g/mol. The van der Waals surface area contributed by atoms with Gasteiger partial charge in [0.15, 0.2) is 0 Å². The number of benzene rings is 9. The minimum atomic E-state index is -0.0925. The normalized spacial score (nSPS) is 13.6. The Bertz CT molecular complexity index is 3540. The second-order valence-electron chi connectivity index (χ2n) is 16.5. The lowest BCUT2D eigenvalue weighted by molar-refractivity contribution is 0.660. The fourth-order valence-corrected chi connectivity index (χ4v) is 10.7. The molecule has 2 heteroatoms. The number of aromatic nitrogens is 2. The van der Waals surface area contributed by atoms with Gasteiger partial charge in [-0.15, -0.1) is 0 Å². The molecule has 2 aromatic heterocycles. The molecule has 13 rings (SSSR count). The van der Waals surface area contributed by atoms with Gasteiger partial charge in [-0.25, -0.2) is 0 Å². The lowest BCUT2D eigenvalue weighted by Gasteiger charge is -2.22. The van der Waals surface area contributed by atoms with E-state index < -0.39 is 0 Å². The number of fused-ring (bicyclic) bond motifs is 13. The molecule has 0 aliphatic heterocycles. The molecule has 57 heavy (non-hydrogen) atoms. The van der Waals surface area contributed by atoms with Crippen LogP contribution in [0, 0.1) is 0 Å². The van der Waals surface area contributed by atoms with Gasteiger partial charge in [-0.1, -0.05) is 135 Å². The van der Waals surface area contributed by atoms with Crippen LogP contribution < -0.4 is 0 Å². The maximum absolute atomic E-state index is 2.54. The summed E-state index contributed by atoms with van der Waals surface area (Å²) in [5.41, 5.74) is 20.4. The van der Waals surface area contributed by atoms with E-state index in [1.807, 2.05) is 0 Å². The zero-order valence-corrected chi connectivity index (χ0v) is 31.7. The van der Waals surface area contributed by atoms with E-state index in [2.05, 4.69) is 205 Å². The summed E-state index contributed by atoms with van der Waals surface area (Å²) < 4.78 is 4.93. The van der Waals surface area contributed by atoms with Crippen LogP contribution in [0.5, 0.6) is 0 Å². The Morgan fingerprint density at radius 2 is 0.912 bits per heavy atom. The summed E-state index contributed by atoms with van der Waals surface area (Å²) in [7, 11) is 0. The van der Waals surface area contributed by atoms with Crippen LogP contribution >= 0.6 is 0 Å². The lowest BCUT2D eigenvalue weighted by Crippen LogP contribution is -2.15. The van der Waals surface area contributed by atoms with Crippen molar-refractivity contribution in [2.75, 3.05) is 0 Å². The first-order valence-electron chi connectivity index (χ1n) is 20.0. The third-order valence-electron chi connectivity index (χ3n) is 13.2. The summed E-state index contributed by atoms with van der Waals surface area (Å²) in [6, 6.07) is 68.1. The molecule has 0 saturated carbocycles. The van der Waals surface area contributed by atoms with Crippen LogP contribution in [0.4, 0.5) is 0 Å². The summed E-state index contributed by atoms with van der Waals surface area (Å²) in [5.74, 6) is 0. The van der Waals surface area contributed by atoms with Gasteiger partial charge in [0.05, 0.1) is 22.1 Å². The number of nitrogens with zero attached hydrogens (tertiary/aromatic N) is 2. The summed E-state index contributed by atoms with van der Waals surface area (Å²) >= 11 is 0. The summed E-state index contributed by atoms with van der Waals surface area (Å²) in [6.45, 7) is 4.75. The molecule has 2 aliphatic carbocycles. The Labute approximate surface area is 330 Å². The van der Waals surface area contributed by atoms with E-state index in [4.69, 9.17) is 0 Å². The van der Waals surface area contributed by atoms with Gasteiger partial charge >= 0.3 is 0 Å². The highest BCUT2D eigenvalue weighted by Gasteiger charge is 2.36. The van der Waals surface area contributed by atoms with E-state index in [1.165, 1.54) is 121 Å². The second kappa shape index (κ2) is 11.0. The van der Waals surface area contributed by atoms with Gasteiger partial charge in [-0.2, -0.15) is 0 Å². The van der Waals surface area contributed by atoms with Crippen LogP contribution in [0.25, 0.3) is 110 Å². The first-order valence-corrected chi connectivity index (χ1v) is 20.0. The highest BCUT2D eigenvalue weighted by Crippen LogP contribution is 2.53. The number of para-hydroxylation sites is 2. The van der Waals surface area contributed by atoms with E-state index in [9.17, 15) is 0 Å². The number of hydrogen-bond acceptors (Lipinski definition) is 0. The van der Waals surface area contributed by atoms with Crippen molar-refractivity contribution < 1.29 is 0 Å². The average Bonchev–Trinajstić information content (AvgIpc) is 3.95. The zero-order valence-electron chi connectivity index (χ0n) is 31.7. The quantitative estimate of drug-likeness (QED) is 0.172. The van der Waals surface area contributed by atoms with Crippen LogP contribution in [-0.4, -0.2) is 9.13 Å². The standard InChI is InChI=1S/C55H36N2/c1-55(2)47-21-10-8-17-39(47)40-26-25-36(31-48(40)55)57-51-28-24-34(33-23-27-50-44(29-33)41-18-9-11-22-49(41)56(50)35-13-4-3-5-14-35)30-46(51)54-43-20-12-19-42-37-15-6-7-16-38(37)45(53(42)43)32-52(54)57/h3-32H,1-2H3. The number of hydrogen-bond donors (Lipinski definition) is 0. The van der Waals surface area contributed by atoms with Gasteiger partial charge in [0.2, 0.25) is 0 Å². The van der Waals surface area contributed by atoms with Crippen molar-refractivity contribution in [2.45, 2.75) is 19.3 Å². The Hall–Kier alpha value is -7.16. The third kappa shape index (κ3) is 4.04. The highest BCUT2D eigenvalue weighted by atomic mass is 15.0. The Balaban J connectivity index is 1.09. The van der Waals surface area contributed by atoms with Crippen molar-refractivity contribution in [1.82, 2.24) is 9.13 Å². The molecule has 2 aliphatic rings. The van der Waals surface area contributed by atoms with Gasteiger partial charge in [-0.05, 0) is 127 Å². The van der Waals surface area contributed by atoms with Crippen LogP contribution in [-0.2, 0) is 5.41 Å². The van der Waals surface area contributed by atoms with E-state index in [1.54, 1.807) is 0 Å². The average molecular weight is 725 g/mol. The molecule has 0 radical (unpaired) electrons. The predicted octanol–water partition coefficient (Wildman–Crippen LogP) is 14.7. The molecule has 0 N–H and O–H groups in total. The molecule has 0 amide bonds. The lowest BCUT2D eigenvalue weighted by atomic mass is 9.82. The van der Waals surface area contributed by atoms with Crippen molar-refractivity contribution in [3.8, 4) is 55.9 Å². The first-order chi connectivity index (χ1) is 28.0. The maximum Gasteiger partial charge on any atom is 0.0553 e. The fourth-order valence-electron chi connectivity index (χ4n) is 10.7. The van der Waals surface area contributed by atoms with Crippen molar-refractivity contribution in [3.63, 3.8) is 0 Å². The first kappa shape index (κ1) is 31.1. The van der Waals surface area contributed by atoms with E-state index in [0.29, 0.717) is 0 Å². The van der Waals surface area contributed by atoms with Crippen LogP contribution in [0.2, 0.25) is 0 Å². The van der Waals surface area contributed by atoms with Crippen molar-refractivity contribution in [1.29, 1.82) is 0 Å². The highest BCUT2D eigenvalue weighted by molar-refractivity contribution is 6.29. The molecule has 0 unspecified atom stereocenters. The summed E-state index contributed by atoms with van der Waals surface area (Å²) in [5, 5.41) is 7.78. The molecule has 9 aromatic carbocycles. The largest absolute Gasteiger partial charge is 0.309 e. The minimum absolute atomic E-state index is 0.0925. The van der Waals surface area contributed by atoms with E-state index in [-0.39, 0.29) is 5.41 Å². The molecule has 11 aromatic rings. The van der Waals surface area contributed by atoms with Crippen molar-refractivity contribution in [3.05, 3.63) is 193 Å². The van der Waals surface area contributed by atoms with Crippen LogP contribution in [0.15, 0.2) is 182 Å². The molecule has 0 bridgehead atoms. The predicted molar refractivity (Wildman–Crippen MR) is 240 cm³/mol. The molecule has 0 spiro atoms. The zero-order chi connectivity index (χ0) is 37.6. The summed E-state index contributed by atoms with van der Waals surface area (Å²) in [6.07, 6.45) is 0. The summed E-state index contributed by atoms with van der Waals surface area (Å²) in [4.78, 5) is 0. The Morgan fingerprint density at radius 3 is 1.74 bits per heavy atom. The molecule has 0 fully saturated rings. The van der Waals surface area contributed by atoms with Crippen molar-refractivity contribution in [2.24, 2.45) is 0 Å². The van der Waals surface area contributed by atoms with Gasteiger partial charge in [0.25, 0.3) is 0 Å². The van der Waals surface area contributed by atoms with Crippen molar-refractivity contribution >= 4 is 54.4 Å². The molecule has 0 saturated heterocycles. The van der Waals surface area contributed by atoms with E-state index in [0.717, 1.165) is 0 Å². The third-order valence-corrected chi connectivity index (χ3v) is 13.2. The topological polar surface area (TPSA) is 9.86 Å². The maximum atomic E-state index is 2.54.